The van der Waals surface area contributed by atoms with Gasteiger partial charge in [0, 0.05) is 23.8 Å². The van der Waals surface area contributed by atoms with Crippen molar-refractivity contribution in [2.45, 2.75) is 6.92 Å². The molecule has 2 heterocycles. The van der Waals surface area contributed by atoms with Crippen molar-refractivity contribution in [3.05, 3.63) is 56.7 Å². The number of rotatable bonds is 3. The van der Waals surface area contributed by atoms with Gasteiger partial charge in [0.1, 0.15) is 15.8 Å². The van der Waals surface area contributed by atoms with Gasteiger partial charge in [-0.15, -0.1) is 0 Å². The Morgan fingerprint density at radius 2 is 2.13 bits per heavy atom. The van der Waals surface area contributed by atoms with E-state index in [1.165, 1.54) is 23.9 Å². The molecular formula is C15H10N2O4S2. The van der Waals surface area contributed by atoms with E-state index in [1.807, 2.05) is 0 Å². The summed E-state index contributed by atoms with van der Waals surface area (Å²) in [6.45, 7) is 1.78. The van der Waals surface area contributed by atoms with Crippen LogP contribution in [0.5, 0.6) is 0 Å². The van der Waals surface area contributed by atoms with Gasteiger partial charge < -0.3 is 9.73 Å². The van der Waals surface area contributed by atoms with Crippen LogP contribution in [-0.4, -0.2) is 15.2 Å². The molecule has 1 aromatic carbocycles. The molecule has 116 valence electrons. The van der Waals surface area contributed by atoms with Crippen LogP contribution in [-0.2, 0) is 4.79 Å². The van der Waals surface area contributed by atoms with Crippen LogP contribution in [0, 0.1) is 17.0 Å². The van der Waals surface area contributed by atoms with Crippen LogP contribution < -0.4 is 5.32 Å². The molecule has 1 amide bonds. The Labute approximate surface area is 140 Å². The third kappa shape index (κ3) is 3.17. The minimum atomic E-state index is -0.437. The lowest BCUT2D eigenvalue weighted by atomic mass is 10.1. The number of benzene rings is 1. The maximum absolute atomic E-state index is 11.6. The molecule has 0 radical (unpaired) electrons. The number of thiocarbonyl (C=S) groups is 1. The molecule has 6 nitrogen and oxygen atoms in total. The summed E-state index contributed by atoms with van der Waals surface area (Å²) in [5.74, 6) is 0.847. The van der Waals surface area contributed by atoms with Gasteiger partial charge in [-0.1, -0.05) is 24.0 Å². The fourth-order valence-electron chi connectivity index (χ4n) is 2.16. The number of aryl methyl sites for hydroxylation is 1. The van der Waals surface area contributed by atoms with Crippen LogP contribution in [0.25, 0.3) is 17.4 Å². The quantitative estimate of drug-likeness (QED) is 0.395. The van der Waals surface area contributed by atoms with E-state index in [9.17, 15) is 14.9 Å². The largest absolute Gasteiger partial charge is 0.457 e. The van der Waals surface area contributed by atoms with Crippen molar-refractivity contribution in [1.82, 2.24) is 5.32 Å². The van der Waals surface area contributed by atoms with Crippen molar-refractivity contribution in [2.24, 2.45) is 0 Å². The van der Waals surface area contributed by atoms with Gasteiger partial charge in [-0.05, 0) is 30.7 Å². The first-order chi connectivity index (χ1) is 10.9. The molecule has 1 aliphatic rings. The van der Waals surface area contributed by atoms with Gasteiger partial charge in [0.05, 0.1) is 9.83 Å². The van der Waals surface area contributed by atoms with Gasteiger partial charge in [-0.25, -0.2) is 0 Å². The van der Waals surface area contributed by atoms with Crippen LogP contribution >= 0.6 is 24.0 Å². The normalized spacial score (nSPS) is 16.0. The highest BCUT2D eigenvalue weighted by molar-refractivity contribution is 8.26. The Balaban J connectivity index is 1.91. The first-order valence-electron chi connectivity index (χ1n) is 6.54. The molecule has 2 aromatic rings. The minimum Gasteiger partial charge on any atom is -0.457 e. The summed E-state index contributed by atoms with van der Waals surface area (Å²) >= 11 is 6.10. The van der Waals surface area contributed by atoms with Crippen LogP contribution in [0.3, 0.4) is 0 Å². The Bertz CT molecular complexity index is 870. The van der Waals surface area contributed by atoms with E-state index >= 15 is 0 Å². The van der Waals surface area contributed by atoms with Crippen molar-refractivity contribution in [1.29, 1.82) is 0 Å². The highest BCUT2D eigenvalue weighted by Gasteiger charge is 2.22. The van der Waals surface area contributed by atoms with E-state index in [0.29, 0.717) is 20.7 Å². The maximum atomic E-state index is 11.6. The first kappa shape index (κ1) is 15.4. The zero-order valence-corrected chi connectivity index (χ0v) is 13.5. The molecule has 0 saturated carbocycles. The van der Waals surface area contributed by atoms with Crippen molar-refractivity contribution in [3.8, 4) is 11.3 Å². The van der Waals surface area contributed by atoms with Crippen molar-refractivity contribution in [3.63, 3.8) is 0 Å². The van der Waals surface area contributed by atoms with E-state index in [4.69, 9.17) is 16.6 Å². The Kier molecular flexibility index (Phi) is 4.01. The average molecular weight is 346 g/mol. The standard InChI is InChI=1S/C15H10N2O4S2/c1-8-6-9(17(19)20)2-4-11(8)12-5-3-10(21-12)7-13-14(18)16-15(22)23-13/h2-7H,1H3,(H,16,18,22)/b13-7+. The summed E-state index contributed by atoms with van der Waals surface area (Å²) in [6.07, 6.45) is 1.61. The van der Waals surface area contributed by atoms with E-state index in [1.54, 1.807) is 31.2 Å². The predicted molar refractivity (Wildman–Crippen MR) is 91.8 cm³/mol. The topological polar surface area (TPSA) is 85.4 Å². The van der Waals surface area contributed by atoms with Crippen molar-refractivity contribution < 1.29 is 14.1 Å². The predicted octanol–water partition coefficient (Wildman–Crippen LogP) is 3.65. The van der Waals surface area contributed by atoms with Gasteiger partial charge in [0.25, 0.3) is 11.6 Å². The van der Waals surface area contributed by atoms with Crippen LogP contribution in [0.4, 0.5) is 5.69 Å². The smallest absolute Gasteiger partial charge is 0.269 e. The molecule has 3 rings (SSSR count). The Morgan fingerprint density at radius 1 is 1.35 bits per heavy atom. The van der Waals surface area contributed by atoms with E-state index in [-0.39, 0.29) is 11.6 Å². The molecule has 0 spiro atoms. The molecule has 8 heteroatoms. The zero-order chi connectivity index (χ0) is 16.6. The lowest BCUT2D eigenvalue weighted by Gasteiger charge is -2.02. The Hall–Kier alpha value is -2.45. The number of carbonyl (C=O) groups excluding carboxylic acids is 1. The number of amides is 1. The molecular weight excluding hydrogens is 336 g/mol. The fraction of sp³-hybridized carbons (Fsp3) is 0.0667. The van der Waals surface area contributed by atoms with Gasteiger partial charge in [0.15, 0.2) is 0 Å². The van der Waals surface area contributed by atoms with E-state index < -0.39 is 4.92 Å². The number of nitrogens with one attached hydrogen (secondary N) is 1. The molecule has 0 unspecified atom stereocenters. The molecule has 1 saturated heterocycles. The zero-order valence-electron chi connectivity index (χ0n) is 11.9. The molecule has 1 N–H and O–H groups in total. The second-order valence-corrected chi connectivity index (χ2v) is 6.53. The third-order valence-corrected chi connectivity index (χ3v) is 4.39. The summed E-state index contributed by atoms with van der Waals surface area (Å²) in [4.78, 5) is 22.4. The fourth-order valence-corrected chi connectivity index (χ4v) is 3.19. The molecule has 1 fully saturated rings. The number of nitrogens with zero attached hydrogens (tertiary/aromatic N) is 1. The molecule has 1 aliphatic heterocycles. The molecule has 0 atom stereocenters. The number of nitro benzene ring substituents is 1. The highest BCUT2D eigenvalue weighted by atomic mass is 32.2. The maximum Gasteiger partial charge on any atom is 0.269 e. The first-order valence-corrected chi connectivity index (χ1v) is 7.76. The van der Waals surface area contributed by atoms with Crippen LogP contribution in [0.15, 0.2) is 39.7 Å². The number of non-ortho nitro benzene ring substituents is 1. The van der Waals surface area contributed by atoms with Crippen LogP contribution in [0.2, 0.25) is 0 Å². The van der Waals surface area contributed by atoms with E-state index in [2.05, 4.69) is 5.32 Å². The number of nitro groups is 1. The minimum absolute atomic E-state index is 0.0349. The summed E-state index contributed by atoms with van der Waals surface area (Å²) < 4.78 is 6.13. The monoisotopic (exact) mass is 346 g/mol. The molecule has 0 aliphatic carbocycles. The van der Waals surface area contributed by atoms with Gasteiger partial charge in [-0.3, -0.25) is 14.9 Å². The number of carbonyl (C=O) groups is 1. The number of thioether (sulfide) groups is 1. The van der Waals surface area contributed by atoms with Crippen molar-refractivity contribution >= 4 is 46.0 Å². The van der Waals surface area contributed by atoms with Gasteiger partial charge in [0.2, 0.25) is 0 Å². The molecule has 0 bridgehead atoms. The SMILES string of the molecule is Cc1cc([N+](=O)[O-])ccc1-c1ccc(/C=C2/SC(=S)NC2=O)o1. The lowest BCUT2D eigenvalue weighted by Crippen LogP contribution is -2.17. The summed E-state index contributed by atoms with van der Waals surface area (Å²) in [7, 11) is 0. The van der Waals surface area contributed by atoms with E-state index in [0.717, 1.165) is 11.1 Å². The highest BCUT2D eigenvalue weighted by Crippen LogP contribution is 2.31. The number of hydrogen-bond acceptors (Lipinski definition) is 6. The average Bonchev–Trinajstić information content (AvgIpc) is 3.06. The number of hydrogen-bond donors (Lipinski definition) is 1. The molecule has 23 heavy (non-hydrogen) atoms. The van der Waals surface area contributed by atoms with Crippen LogP contribution in [0.1, 0.15) is 11.3 Å². The summed E-state index contributed by atoms with van der Waals surface area (Å²) in [5, 5.41) is 13.3. The summed E-state index contributed by atoms with van der Waals surface area (Å²) in [6, 6.07) is 8.07. The molecule has 1 aromatic heterocycles. The number of furan rings is 1. The summed E-state index contributed by atoms with van der Waals surface area (Å²) in [5.41, 5.74) is 1.54. The van der Waals surface area contributed by atoms with Gasteiger partial charge >= 0.3 is 0 Å². The van der Waals surface area contributed by atoms with Crippen molar-refractivity contribution in [2.75, 3.05) is 0 Å². The van der Waals surface area contributed by atoms with Gasteiger partial charge in [-0.2, -0.15) is 0 Å². The Morgan fingerprint density at radius 3 is 2.74 bits per heavy atom. The third-order valence-electron chi connectivity index (χ3n) is 3.23. The second kappa shape index (κ2) is 5.98. The lowest BCUT2D eigenvalue weighted by molar-refractivity contribution is -0.384. The second-order valence-electron chi connectivity index (χ2n) is 4.81.